The average Bonchev–Trinajstić information content (AvgIpc) is 2.83. The fourth-order valence-electron chi connectivity index (χ4n) is 3.68. The van der Waals surface area contributed by atoms with Gasteiger partial charge in [-0.25, -0.2) is 0 Å². The Morgan fingerprint density at radius 1 is 0.351 bits per heavy atom. The second kappa shape index (κ2) is 40.3. The normalized spacial score (nSPS) is 9.81. The molecule has 216 valence electrons. The molecule has 0 aliphatic carbocycles. The van der Waals surface area contributed by atoms with Crippen molar-refractivity contribution in [1.82, 2.24) is 0 Å². The first-order valence-corrected chi connectivity index (χ1v) is 14.9. The van der Waals surface area contributed by atoms with Gasteiger partial charge in [-0.3, -0.25) is 0 Å². The molecule has 0 spiro atoms. The first-order valence-electron chi connectivity index (χ1n) is 14.9. The third-order valence-electron chi connectivity index (χ3n) is 5.95. The Hall–Kier alpha value is -0.226. The molecular formula is C30H57O6Pr. The number of carbonyl (C=O) groups is 3. The summed E-state index contributed by atoms with van der Waals surface area (Å²) in [4.78, 5) is 30.1. The third-order valence-corrected chi connectivity index (χ3v) is 5.95. The number of hydrogen-bond acceptors (Lipinski definition) is 6. The summed E-state index contributed by atoms with van der Waals surface area (Å²) in [6.07, 6.45) is 25.0. The maximum absolute atomic E-state index is 10.0. The molecule has 0 radical (unpaired) electrons. The molecule has 0 rings (SSSR count). The van der Waals surface area contributed by atoms with Crippen molar-refractivity contribution in [3.63, 3.8) is 0 Å². The topological polar surface area (TPSA) is 120 Å². The van der Waals surface area contributed by atoms with Crippen LogP contribution in [0.25, 0.3) is 0 Å². The summed E-state index contributed by atoms with van der Waals surface area (Å²) in [6.45, 7) is 6.57. The van der Waals surface area contributed by atoms with Crippen LogP contribution in [0.15, 0.2) is 0 Å². The Balaban J connectivity index is -0.000000218. The predicted octanol–water partition coefficient (Wildman–Crippen LogP) is 5.63. The summed E-state index contributed by atoms with van der Waals surface area (Å²) < 4.78 is 0. The molecule has 0 saturated heterocycles. The zero-order valence-corrected chi connectivity index (χ0v) is 28.2. The van der Waals surface area contributed by atoms with Crippen molar-refractivity contribution in [1.29, 1.82) is 0 Å². The average molecular weight is 655 g/mol. The van der Waals surface area contributed by atoms with Crippen LogP contribution in [0.3, 0.4) is 0 Å². The summed E-state index contributed by atoms with van der Waals surface area (Å²) in [7, 11) is 0. The number of aliphatic carboxylic acids is 3. The van der Waals surface area contributed by atoms with Crippen molar-refractivity contribution in [2.75, 3.05) is 0 Å². The SMILES string of the molecule is CCCCCCCCCC(=O)[O-].CCCCCCCCCC(=O)[O-].CCCCCCCCCC(=O)[O-].[Pr+3]. The van der Waals surface area contributed by atoms with E-state index in [0.717, 1.165) is 38.5 Å². The molecule has 0 heterocycles. The number of carboxylic acid groups (broad SMARTS) is 3. The van der Waals surface area contributed by atoms with Crippen LogP contribution < -0.4 is 15.3 Å². The second-order valence-electron chi connectivity index (χ2n) is 9.73. The summed E-state index contributed by atoms with van der Waals surface area (Å²) in [5.41, 5.74) is 0. The van der Waals surface area contributed by atoms with Crippen LogP contribution in [0, 0.1) is 41.3 Å². The predicted molar refractivity (Wildman–Crippen MR) is 143 cm³/mol. The third kappa shape index (κ3) is 56.9. The van der Waals surface area contributed by atoms with Crippen molar-refractivity contribution < 1.29 is 71.0 Å². The number of carboxylic acids is 3. The summed E-state index contributed by atoms with van der Waals surface area (Å²) in [5, 5.41) is 30.1. The zero-order chi connectivity index (χ0) is 27.7. The molecule has 0 atom stereocenters. The fourth-order valence-corrected chi connectivity index (χ4v) is 3.68. The quantitative estimate of drug-likeness (QED) is 0.125. The maximum atomic E-state index is 10.0. The molecule has 0 bridgehead atoms. The fraction of sp³-hybridized carbons (Fsp3) is 0.900. The van der Waals surface area contributed by atoms with E-state index in [9.17, 15) is 29.7 Å². The van der Waals surface area contributed by atoms with Crippen LogP contribution in [0.5, 0.6) is 0 Å². The number of rotatable bonds is 24. The van der Waals surface area contributed by atoms with Gasteiger partial charge in [-0.15, -0.1) is 0 Å². The minimum absolute atomic E-state index is 0. The van der Waals surface area contributed by atoms with Gasteiger partial charge in [0.2, 0.25) is 0 Å². The van der Waals surface area contributed by atoms with Crippen molar-refractivity contribution in [3.8, 4) is 0 Å². The number of unbranched alkanes of at least 4 members (excludes halogenated alkanes) is 18. The van der Waals surface area contributed by atoms with E-state index >= 15 is 0 Å². The van der Waals surface area contributed by atoms with Gasteiger partial charge in [0.05, 0.1) is 0 Å². The van der Waals surface area contributed by atoms with E-state index in [1.54, 1.807) is 0 Å². The molecule has 0 amide bonds. The minimum Gasteiger partial charge on any atom is -0.550 e. The van der Waals surface area contributed by atoms with Gasteiger partial charge in [-0.05, 0) is 38.5 Å². The Morgan fingerprint density at radius 2 is 0.514 bits per heavy atom. The summed E-state index contributed by atoms with van der Waals surface area (Å²) in [5.74, 6) is -2.74. The van der Waals surface area contributed by atoms with Crippen LogP contribution >= 0.6 is 0 Å². The monoisotopic (exact) mass is 654 g/mol. The molecule has 0 aliphatic rings. The van der Waals surface area contributed by atoms with Crippen LogP contribution in [0.1, 0.15) is 175 Å². The van der Waals surface area contributed by atoms with Crippen molar-refractivity contribution in [2.45, 2.75) is 175 Å². The smallest absolute Gasteiger partial charge is 0.550 e. The Bertz CT molecular complexity index is 404. The van der Waals surface area contributed by atoms with Crippen molar-refractivity contribution in [3.05, 3.63) is 0 Å². The molecule has 0 saturated carbocycles. The van der Waals surface area contributed by atoms with E-state index < -0.39 is 17.9 Å². The van der Waals surface area contributed by atoms with Gasteiger partial charge in [0.25, 0.3) is 0 Å². The van der Waals surface area contributed by atoms with Gasteiger partial charge in [0, 0.05) is 17.9 Å². The first kappa shape index (κ1) is 43.8. The van der Waals surface area contributed by atoms with Crippen LogP contribution in [0.4, 0.5) is 0 Å². The Labute approximate surface area is 262 Å². The molecule has 0 fully saturated rings. The molecule has 0 aromatic carbocycles. The zero-order valence-electron chi connectivity index (χ0n) is 24.5. The number of carbonyl (C=O) groups excluding carboxylic acids is 3. The van der Waals surface area contributed by atoms with Gasteiger partial charge in [0.15, 0.2) is 0 Å². The van der Waals surface area contributed by atoms with E-state index in [-0.39, 0.29) is 60.6 Å². The van der Waals surface area contributed by atoms with Crippen LogP contribution in [0.2, 0.25) is 0 Å². The molecular weight excluding hydrogens is 597 g/mol. The molecule has 0 N–H and O–H groups in total. The van der Waals surface area contributed by atoms with Gasteiger partial charge in [-0.2, -0.15) is 0 Å². The van der Waals surface area contributed by atoms with E-state index in [0.29, 0.717) is 0 Å². The molecule has 7 heteroatoms. The van der Waals surface area contributed by atoms with Gasteiger partial charge >= 0.3 is 41.3 Å². The Kier molecular flexibility index (Phi) is 47.7. The summed E-state index contributed by atoms with van der Waals surface area (Å²) >= 11 is 0. The number of hydrogen-bond donors (Lipinski definition) is 0. The second-order valence-corrected chi connectivity index (χ2v) is 9.73. The molecule has 0 unspecified atom stereocenters. The van der Waals surface area contributed by atoms with Crippen LogP contribution in [-0.2, 0) is 14.4 Å². The van der Waals surface area contributed by atoms with E-state index in [1.807, 2.05) is 0 Å². The van der Waals surface area contributed by atoms with E-state index in [1.165, 1.54) is 96.3 Å². The van der Waals surface area contributed by atoms with Crippen molar-refractivity contribution in [2.24, 2.45) is 0 Å². The molecule has 0 aliphatic heterocycles. The molecule has 6 nitrogen and oxygen atoms in total. The Morgan fingerprint density at radius 3 is 0.676 bits per heavy atom. The summed E-state index contributed by atoms with van der Waals surface area (Å²) in [6, 6.07) is 0. The van der Waals surface area contributed by atoms with E-state index in [4.69, 9.17) is 0 Å². The largest absolute Gasteiger partial charge is 3.00 e. The maximum Gasteiger partial charge on any atom is 3.00 e. The standard InChI is InChI=1S/3C10H20O2.Pr/c3*1-2-3-4-5-6-7-8-9-10(11)12;/h3*2-9H2,1H3,(H,11,12);/q;;;+3/p-3. The van der Waals surface area contributed by atoms with E-state index in [2.05, 4.69) is 20.8 Å². The first-order chi connectivity index (χ1) is 17.3. The van der Waals surface area contributed by atoms with Gasteiger partial charge in [0.1, 0.15) is 0 Å². The minimum atomic E-state index is -0.913. The van der Waals surface area contributed by atoms with Crippen LogP contribution in [-0.4, -0.2) is 17.9 Å². The van der Waals surface area contributed by atoms with Gasteiger partial charge < -0.3 is 29.7 Å². The molecule has 37 heavy (non-hydrogen) atoms. The van der Waals surface area contributed by atoms with Gasteiger partial charge in [-0.1, -0.05) is 136 Å². The molecule has 0 aromatic rings. The van der Waals surface area contributed by atoms with Crippen molar-refractivity contribution >= 4 is 17.9 Å². The molecule has 0 aromatic heterocycles.